The van der Waals surface area contributed by atoms with E-state index >= 15 is 0 Å². The van der Waals surface area contributed by atoms with Crippen molar-refractivity contribution in [1.29, 1.82) is 0 Å². The van der Waals surface area contributed by atoms with E-state index in [1.165, 1.54) is 0 Å². The molecule has 276 valence electrons. The third-order valence-electron chi connectivity index (χ3n) is 8.31. The third-order valence-corrected chi connectivity index (χ3v) is 8.31. The Hall–Kier alpha value is -4.59. The Morgan fingerprint density at radius 1 is 0.922 bits per heavy atom. The minimum atomic E-state index is -0.875. The number of unbranched alkanes of at least 4 members (excludes halogenated alkanes) is 2. The molecule has 0 fully saturated rings. The van der Waals surface area contributed by atoms with Gasteiger partial charge in [0.25, 0.3) is 0 Å². The average Bonchev–Trinajstić information content (AvgIpc) is 3.50. The summed E-state index contributed by atoms with van der Waals surface area (Å²) in [6.07, 6.45) is 6.38. The lowest BCUT2D eigenvalue weighted by molar-refractivity contribution is -0.138. The molecule has 2 heterocycles. The number of amides is 1. The lowest BCUT2D eigenvalue weighted by Gasteiger charge is -2.13. The number of aliphatic carboxylic acids is 1. The first-order valence-corrected chi connectivity index (χ1v) is 17.9. The summed E-state index contributed by atoms with van der Waals surface area (Å²) >= 11 is 0. The topological polar surface area (TPSA) is 175 Å². The fourth-order valence-electron chi connectivity index (χ4n) is 5.68. The summed E-state index contributed by atoms with van der Waals surface area (Å²) in [4.78, 5) is 37.6. The minimum Gasteiger partial charge on any atom is -0.481 e. The highest BCUT2D eigenvalue weighted by molar-refractivity contribution is 6.06. The van der Waals surface area contributed by atoms with E-state index < -0.39 is 5.97 Å². The van der Waals surface area contributed by atoms with Gasteiger partial charge in [-0.15, -0.1) is 0 Å². The molecule has 2 aromatic heterocycles. The molecule has 0 bridgehead atoms. The number of nitrogens with one attached hydrogen (secondary N) is 2. The molecule has 4 rings (SSSR count). The Bertz CT molecular complexity index is 1720. The van der Waals surface area contributed by atoms with Crippen molar-refractivity contribution in [1.82, 2.24) is 19.9 Å². The van der Waals surface area contributed by atoms with Crippen molar-refractivity contribution in [2.75, 3.05) is 57.7 Å². The minimum absolute atomic E-state index is 0.0192. The highest BCUT2D eigenvalue weighted by Crippen LogP contribution is 2.29. The molecule has 4 aromatic rings. The zero-order chi connectivity index (χ0) is 36.3. The molecule has 0 saturated carbocycles. The molecule has 1 amide bonds. The molecule has 0 spiro atoms. The number of carbonyl (C=O) groups is 2. The van der Waals surface area contributed by atoms with Crippen LogP contribution < -0.4 is 16.4 Å². The summed E-state index contributed by atoms with van der Waals surface area (Å²) in [5.74, 6) is 1.37. The van der Waals surface area contributed by atoms with Crippen LogP contribution in [0.15, 0.2) is 53.5 Å². The van der Waals surface area contributed by atoms with Gasteiger partial charge >= 0.3 is 5.97 Å². The van der Waals surface area contributed by atoms with Gasteiger partial charge < -0.3 is 40.3 Å². The summed E-state index contributed by atoms with van der Waals surface area (Å²) in [6, 6.07) is 16.0. The van der Waals surface area contributed by atoms with E-state index in [4.69, 9.17) is 35.0 Å². The molecule has 5 N–H and O–H groups in total. The average molecular weight is 704 g/mol. The molecular formula is C38H53N7O6. The Morgan fingerprint density at radius 2 is 1.75 bits per heavy atom. The normalized spacial score (nSPS) is 11.8. The second-order valence-corrected chi connectivity index (χ2v) is 12.3. The maximum Gasteiger partial charge on any atom is 0.305 e. The number of nitrogens with two attached hydrogens (primary N) is 1. The lowest BCUT2D eigenvalue weighted by atomic mass is 10.1. The first-order valence-electron chi connectivity index (χ1n) is 17.9. The first-order chi connectivity index (χ1) is 24.9. The number of fused-ring (bicyclic) bond motifs is 3. The summed E-state index contributed by atoms with van der Waals surface area (Å²) in [5, 5.41) is 16.4. The Morgan fingerprint density at radius 3 is 2.57 bits per heavy atom. The number of rotatable bonds is 24. The molecule has 0 aliphatic carbocycles. The van der Waals surface area contributed by atoms with Crippen molar-refractivity contribution in [3.8, 4) is 0 Å². The zero-order valence-corrected chi connectivity index (χ0v) is 30.0. The van der Waals surface area contributed by atoms with Gasteiger partial charge in [0.2, 0.25) is 5.91 Å². The summed E-state index contributed by atoms with van der Waals surface area (Å²) in [5.41, 5.74) is 10.9. The van der Waals surface area contributed by atoms with Crippen LogP contribution >= 0.6 is 0 Å². The monoisotopic (exact) mass is 703 g/mol. The number of hydrogen-bond donors (Lipinski definition) is 4. The molecule has 2 aromatic carbocycles. The third kappa shape index (κ3) is 12.9. The maximum atomic E-state index is 12.3. The SMILES string of the molecule is CCCCc1nc2c(N)nc3ccccc3c2n1CCCCN=C(CCCOCCC(=O)O)Nc1cccc(CNC(=O)CCOCCOC)c1. The van der Waals surface area contributed by atoms with Crippen LogP contribution in [-0.4, -0.2) is 84.0 Å². The van der Waals surface area contributed by atoms with Gasteiger partial charge in [-0.25, -0.2) is 9.97 Å². The predicted molar refractivity (Wildman–Crippen MR) is 201 cm³/mol. The number of pyridine rings is 1. The van der Waals surface area contributed by atoms with Gasteiger partial charge in [0, 0.05) is 63.7 Å². The van der Waals surface area contributed by atoms with Crippen LogP contribution in [0.5, 0.6) is 0 Å². The van der Waals surface area contributed by atoms with Gasteiger partial charge in [-0.2, -0.15) is 0 Å². The number of carboxylic acid groups (broad SMARTS) is 1. The van der Waals surface area contributed by atoms with E-state index in [0.29, 0.717) is 58.2 Å². The number of ether oxygens (including phenoxy) is 3. The molecule has 13 heteroatoms. The smallest absolute Gasteiger partial charge is 0.305 e. The number of imidazole rings is 1. The predicted octanol–water partition coefficient (Wildman–Crippen LogP) is 5.74. The molecule has 0 aliphatic heterocycles. The second-order valence-electron chi connectivity index (χ2n) is 12.3. The number of anilines is 2. The van der Waals surface area contributed by atoms with Crippen molar-refractivity contribution < 1.29 is 28.9 Å². The summed E-state index contributed by atoms with van der Waals surface area (Å²) < 4.78 is 18.2. The highest BCUT2D eigenvalue weighted by Gasteiger charge is 2.17. The van der Waals surface area contributed by atoms with Gasteiger partial charge in [0.15, 0.2) is 5.82 Å². The van der Waals surface area contributed by atoms with Gasteiger partial charge in [0.05, 0.1) is 43.9 Å². The largest absolute Gasteiger partial charge is 0.481 e. The standard InChI is InChI=1S/C38H53N7O6/c1-3-4-16-33-44-36-37(30-13-5-6-14-31(30)43-38(36)39)45(33)20-8-7-19-40-32(15-10-21-50-23-18-35(47)48)42-29-12-9-11-28(26-29)27-41-34(46)17-22-51-25-24-49-2/h5-6,9,11-14,26H,3-4,7-8,10,15-25,27H2,1-2H3,(H2,39,43)(H,40,42)(H,41,46)(H,47,48). The van der Waals surface area contributed by atoms with Gasteiger partial charge in [-0.05, 0) is 49.4 Å². The fraction of sp³-hybridized carbons (Fsp3) is 0.500. The van der Waals surface area contributed by atoms with Gasteiger partial charge in [-0.1, -0.05) is 43.7 Å². The number of aliphatic imine (C=N–C) groups is 1. The second kappa shape index (κ2) is 21.6. The van der Waals surface area contributed by atoms with E-state index in [-0.39, 0.29) is 25.4 Å². The van der Waals surface area contributed by atoms with Crippen LogP contribution in [0.2, 0.25) is 0 Å². The number of nitrogen functional groups attached to an aromatic ring is 1. The number of benzene rings is 2. The van der Waals surface area contributed by atoms with Crippen LogP contribution in [0.25, 0.3) is 21.9 Å². The van der Waals surface area contributed by atoms with Gasteiger partial charge in [-0.3, -0.25) is 14.6 Å². The quantitative estimate of drug-likeness (QED) is 0.0400. The van der Waals surface area contributed by atoms with Crippen molar-refractivity contribution in [2.45, 2.75) is 77.8 Å². The number of aryl methyl sites for hydroxylation is 2. The molecule has 0 aliphatic rings. The lowest BCUT2D eigenvalue weighted by Crippen LogP contribution is -2.24. The van der Waals surface area contributed by atoms with E-state index in [2.05, 4.69) is 33.2 Å². The zero-order valence-electron chi connectivity index (χ0n) is 30.0. The van der Waals surface area contributed by atoms with Crippen molar-refractivity contribution in [2.24, 2.45) is 4.99 Å². The molecule has 0 radical (unpaired) electrons. The number of carboxylic acids is 1. The number of aromatic nitrogens is 3. The van der Waals surface area contributed by atoms with Crippen LogP contribution in [0, 0.1) is 0 Å². The molecule has 13 nitrogen and oxygen atoms in total. The van der Waals surface area contributed by atoms with E-state index in [1.54, 1.807) is 7.11 Å². The van der Waals surface area contributed by atoms with Crippen LogP contribution in [0.4, 0.5) is 11.5 Å². The number of hydrogen-bond acceptors (Lipinski definition) is 9. The first kappa shape index (κ1) is 39.2. The molecule has 51 heavy (non-hydrogen) atoms. The number of methoxy groups -OCH3 is 1. The van der Waals surface area contributed by atoms with E-state index in [9.17, 15) is 9.59 Å². The number of nitrogens with zero attached hydrogens (tertiary/aromatic N) is 4. The molecule has 0 atom stereocenters. The molecule has 0 saturated heterocycles. The molecular weight excluding hydrogens is 650 g/mol. The molecule has 0 unspecified atom stereocenters. The van der Waals surface area contributed by atoms with Crippen molar-refractivity contribution in [3.63, 3.8) is 0 Å². The van der Waals surface area contributed by atoms with Crippen molar-refractivity contribution in [3.05, 3.63) is 59.9 Å². The summed E-state index contributed by atoms with van der Waals surface area (Å²) in [6.45, 7) is 5.94. The highest BCUT2D eigenvalue weighted by atomic mass is 16.5. The summed E-state index contributed by atoms with van der Waals surface area (Å²) in [7, 11) is 1.61. The van der Waals surface area contributed by atoms with Gasteiger partial charge in [0.1, 0.15) is 17.2 Å². The van der Waals surface area contributed by atoms with E-state index in [1.807, 2.05) is 42.5 Å². The van der Waals surface area contributed by atoms with E-state index in [0.717, 1.165) is 83.5 Å². The Balaban J connectivity index is 1.38. The van der Waals surface area contributed by atoms with Crippen molar-refractivity contribution >= 4 is 51.2 Å². The van der Waals surface area contributed by atoms with Crippen LogP contribution in [0.3, 0.4) is 0 Å². The number of para-hydroxylation sites is 1. The maximum absolute atomic E-state index is 12.3. The van der Waals surface area contributed by atoms with Crippen LogP contribution in [-0.2, 0) is 43.3 Å². The number of amidine groups is 1. The van der Waals surface area contributed by atoms with Crippen LogP contribution in [0.1, 0.15) is 69.7 Å². The number of carbonyl (C=O) groups excluding carboxylic acids is 1. The Labute approximate surface area is 300 Å². The fourth-order valence-corrected chi connectivity index (χ4v) is 5.68. The Kier molecular flexibility index (Phi) is 16.6.